The molecule has 2 saturated heterocycles. The minimum Gasteiger partial charge on any atom is -0.460 e. The number of fused-ring (bicyclic) bond motifs is 1. The molecular formula is C24H32F2N2O5. The molecular weight excluding hydrogens is 434 g/mol. The summed E-state index contributed by atoms with van der Waals surface area (Å²) in [4.78, 5) is 40.5. The fourth-order valence-corrected chi connectivity index (χ4v) is 4.25. The topological polar surface area (TPSA) is 76.2 Å². The van der Waals surface area contributed by atoms with Crippen LogP contribution in [0, 0.1) is 5.41 Å². The third-order valence-electron chi connectivity index (χ3n) is 6.08. The maximum atomic E-state index is 14.9. The summed E-state index contributed by atoms with van der Waals surface area (Å²) in [6.07, 6.45) is -0.487. The molecule has 2 aliphatic heterocycles. The summed E-state index contributed by atoms with van der Waals surface area (Å²) in [6.45, 7) is 7.06. The zero-order valence-corrected chi connectivity index (χ0v) is 19.8. The lowest BCUT2D eigenvalue weighted by atomic mass is 9.87. The monoisotopic (exact) mass is 466 g/mol. The van der Waals surface area contributed by atoms with Crippen molar-refractivity contribution in [2.45, 2.75) is 71.3 Å². The molecule has 0 unspecified atom stereocenters. The van der Waals surface area contributed by atoms with Crippen LogP contribution >= 0.6 is 0 Å². The second-order valence-corrected chi connectivity index (χ2v) is 10.3. The van der Waals surface area contributed by atoms with Crippen molar-refractivity contribution in [3.63, 3.8) is 0 Å². The van der Waals surface area contributed by atoms with E-state index in [2.05, 4.69) is 0 Å². The van der Waals surface area contributed by atoms with Crippen LogP contribution in [-0.2, 0) is 25.7 Å². The number of alkyl halides is 2. The highest BCUT2D eigenvalue weighted by Gasteiger charge is 2.61. The lowest BCUT2D eigenvalue weighted by molar-refractivity contribution is -0.160. The average Bonchev–Trinajstić information content (AvgIpc) is 3.25. The van der Waals surface area contributed by atoms with Crippen molar-refractivity contribution in [1.82, 2.24) is 9.80 Å². The number of benzene rings is 1. The van der Waals surface area contributed by atoms with Gasteiger partial charge in [0.05, 0.1) is 25.2 Å². The van der Waals surface area contributed by atoms with Gasteiger partial charge >= 0.3 is 12.1 Å². The Kier molecular flexibility index (Phi) is 6.84. The Labute approximate surface area is 193 Å². The van der Waals surface area contributed by atoms with E-state index in [-0.39, 0.29) is 19.7 Å². The molecule has 1 aromatic carbocycles. The summed E-state index contributed by atoms with van der Waals surface area (Å²) in [5.41, 5.74) is -1.52. The Hall–Kier alpha value is -2.55. The highest BCUT2D eigenvalue weighted by atomic mass is 19.3. The molecule has 2 atom stereocenters. The Balaban J connectivity index is 1.65. The number of carbonyl (C=O) groups excluding carboxylic acids is 3. The summed E-state index contributed by atoms with van der Waals surface area (Å²) in [6, 6.07) is 7.00. The van der Waals surface area contributed by atoms with E-state index in [0.29, 0.717) is 6.42 Å². The zero-order valence-electron chi connectivity index (χ0n) is 19.8. The summed E-state index contributed by atoms with van der Waals surface area (Å²) >= 11 is 0. The van der Waals surface area contributed by atoms with Crippen molar-refractivity contribution in [3.8, 4) is 0 Å². The summed E-state index contributed by atoms with van der Waals surface area (Å²) < 4.78 is 40.4. The Morgan fingerprint density at radius 2 is 1.73 bits per heavy atom. The number of halogens is 2. The first-order valence-electron chi connectivity index (χ1n) is 11.1. The number of ketones is 1. The first kappa shape index (κ1) is 25.1. The Morgan fingerprint density at radius 3 is 2.33 bits per heavy atom. The molecule has 0 N–H and O–H groups in total. The first-order valence-corrected chi connectivity index (χ1v) is 11.1. The minimum atomic E-state index is -3.20. The molecule has 0 aromatic heterocycles. The molecule has 0 aliphatic carbocycles. The van der Waals surface area contributed by atoms with Gasteiger partial charge in [-0.2, -0.15) is 0 Å². The number of hydrogen-bond donors (Lipinski definition) is 0. The summed E-state index contributed by atoms with van der Waals surface area (Å²) in [7, 11) is 0. The smallest absolute Gasteiger partial charge is 0.410 e. The van der Waals surface area contributed by atoms with Crippen LogP contribution in [0.2, 0.25) is 0 Å². The van der Waals surface area contributed by atoms with E-state index in [1.807, 2.05) is 18.2 Å². The summed E-state index contributed by atoms with van der Waals surface area (Å²) in [5.74, 6) is -4.41. The molecule has 9 heteroatoms. The van der Waals surface area contributed by atoms with Crippen LogP contribution in [0.4, 0.5) is 13.6 Å². The quantitative estimate of drug-likeness (QED) is 0.471. The maximum Gasteiger partial charge on any atom is 0.410 e. The van der Waals surface area contributed by atoms with Gasteiger partial charge in [-0.3, -0.25) is 19.4 Å². The predicted molar refractivity (Wildman–Crippen MR) is 117 cm³/mol. The van der Waals surface area contributed by atoms with Gasteiger partial charge in [-0.05, 0) is 46.6 Å². The van der Waals surface area contributed by atoms with E-state index in [4.69, 9.17) is 9.47 Å². The highest BCUT2D eigenvalue weighted by molar-refractivity contribution is 6.03. The molecule has 182 valence electrons. The van der Waals surface area contributed by atoms with Crippen molar-refractivity contribution in [3.05, 3.63) is 35.9 Å². The van der Waals surface area contributed by atoms with Crippen molar-refractivity contribution in [1.29, 1.82) is 0 Å². The van der Waals surface area contributed by atoms with Gasteiger partial charge in [0.2, 0.25) is 0 Å². The molecule has 0 radical (unpaired) electrons. The molecule has 0 saturated carbocycles. The third-order valence-corrected chi connectivity index (χ3v) is 6.08. The average molecular weight is 467 g/mol. The lowest BCUT2D eigenvalue weighted by Gasteiger charge is -2.30. The number of Topliss-reactive ketones (excluding diaryl/α,β-unsaturated/α-hetero) is 1. The maximum absolute atomic E-state index is 14.9. The Morgan fingerprint density at radius 1 is 1.09 bits per heavy atom. The van der Waals surface area contributed by atoms with E-state index in [1.54, 1.807) is 32.9 Å². The second-order valence-electron chi connectivity index (χ2n) is 10.3. The van der Waals surface area contributed by atoms with E-state index in [1.165, 1.54) is 18.7 Å². The molecule has 0 spiro atoms. The van der Waals surface area contributed by atoms with Crippen LogP contribution in [0.15, 0.2) is 30.3 Å². The van der Waals surface area contributed by atoms with Crippen LogP contribution in [0.25, 0.3) is 0 Å². The first-order chi connectivity index (χ1) is 15.2. The largest absolute Gasteiger partial charge is 0.460 e. The standard InChI is InChI=1S/C24H32F2N2O5/c1-22(2,3)33-21(31)28-15-24(25,26)19-17(28)11-12-27(19)13-18(29)23(4,5)20(30)32-14-16-9-7-6-8-10-16/h6-10,17,19H,11-15H2,1-5H3/t17-,19+/m0/s1. The molecule has 1 aromatic rings. The number of rotatable bonds is 6. The molecule has 7 nitrogen and oxygen atoms in total. The molecule has 2 heterocycles. The molecule has 2 aliphatic rings. The number of nitrogens with zero attached hydrogens (tertiary/aromatic N) is 2. The van der Waals surface area contributed by atoms with Crippen molar-refractivity contribution in [2.24, 2.45) is 5.41 Å². The molecule has 2 fully saturated rings. The van der Waals surface area contributed by atoms with Gasteiger partial charge in [0.15, 0.2) is 5.78 Å². The highest BCUT2D eigenvalue weighted by Crippen LogP contribution is 2.42. The Bertz CT molecular complexity index is 898. The third kappa shape index (κ3) is 5.51. The number of ether oxygens (including phenoxy) is 2. The lowest BCUT2D eigenvalue weighted by Crippen LogP contribution is -2.50. The molecule has 0 bridgehead atoms. The van der Waals surface area contributed by atoms with E-state index >= 15 is 0 Å². The van der Waals surface area contributed by atoms with Gasteiger partial charge in [-0.25, -0.2) is 13.6 Å². The predicted octanol–water partition coefficient (Wildman–Crippen LogP) is 3.65. The van der Waals surface area contributed by atoms with Crippen LogP contribution < -0.4 is 0 Å². The molecule has 33 heavy (non-hydrogen) atoms. The minimum absolute atomic E-state index is 0.0215. The zero-order chi connectivity index (χ0) is 24.6. The van der Waals surface area contributed by atoms with Crippen LogP contribution in [0.5, 0.6) is 0 Å². The van der Waals surface area contributed by atoms with Crippen molar-refractivity contribution < 1.29 is 32.6 Å². The van der Waals surface area contributed by atoms with E-state index in [0.717, 1.165) is 10.5 Å². The van der Waals surface area contributed by atoms with Gasteiger partial charge in [0, 0.05) is 6.54 Å². The molecule has 3 rings (SSSR count). The normalized spacial score (nSPS) is 22.7. The second kappa shape index (κ2) is 9.00. The number of carbonyl (C=O) groups is 3. The fraction of sp³-hybridized carbons (Fsp3) is 0.625. The van der Waals surface area contributed by atoms with Crippen LogP contribution in [0.1, 0.15) is 46.6 Å². The van der Waals surface area contributed by atoms with Crippen LogP contribution in [-0.4, -0.2) is 70.9 Å². The number of amides is 1. The van der Waals surface area contributed by atoms with Crippen molar-refractivity contribution in [2.75, 3.05) is 19.6 Å². The van der Waals surface area contributed by atoms with Gasteiger partial charge < -0.3 is 9.47 Å². The van der Waals surface area contributed by atoms with E-state index < -0.39 is 53.4 Å². The van der Waals surface area contributed by atoms with Gasteiger partial charge in [0.25, 0.3) is 5.92 Å². The number of likely N-dealkylation sites (tertiary alicyclic amines) is 2. The number of hydrogen-bond acceptors (Lipinski definition) is 6. The number of esters is 1. The van der Waals surface area contributed by atoms with Crippen molar-refractivity contribution >= 4 is 17.8 Å². The van der Waals surface area contributed by atoms with Crippen LogP contribution in [0.3, 0.4) is 0 Å². The van der Waals surface area contributed by atoms with Gasteiger partial charge in [-0.1, -0.05) is 30.3 Å². The summed E-state index contributed by atoms with van der Waals surface area (Å²) in [5, 5.41) is 0. The van der Waals surface area contributed by atoms with Gasteiger partial charge in [0.1, 0.15) is 17.6 Å². The SMILES string of the molecule is CC(C)(C)OC(=O)N1CC(F)(F)[C@H]2[C@@H]1CCN2CC(=O)C(C)(C)C(=O)OCc1ccccc1. The van der Waals surface area contributed by atoms with E-state index in [9.17, 15) is 23.2 Å². The fourth-order valence-electron chi connectivity index (χ4n) is 4.25. The molecule has 1 amide bonds. The van der Waals surface area contributed by atoms with Gasteiger partial charge in [-0.15, -0.1) is 0 Å².